The van der Waals surface area contributed by atoms with Crippen molar-refractivity contribution in [3.8, 4) is 0 Å². The van der Waals surface area contributed by atoms with E-state index in [9.17, 15) is 0 Å². The van der Waals surface area contributed by atoms with E-state index >= 15 is 0 Å². The smallest absolute Gasteiger partial charge is 0.164 e. The summed E-state index contributed by atoms with van der Waals surface area (Å²) in [6.07, 6.45) is 5.62. The lowest BCUT2D eigenvalue weighted by molar-refractivity contribution is -0.139. The summed E-state index contributed by atoms with van der Waals surface area (Å²) in [5, 5.41) is 0. The number of fused-ring (bicyclic) bond motifs is 1. The molecule has 0 aromatic rings. The Morgan fingerprint density at radius 2 is 2.17 bits per heavy atom. The molecule has 0 amide bonds. The van der Waals surface area contributed by atoms with Gasteiger partial charge in [0.15, 0.2) is 5.79 Å². The van der Waals surface area contributed by atoms with Crippen LogP contribution in [-0.2, 0) is 9.47 Å². The van der Waals surface area contributed by atoms with E-state index in [0.717, 1.165) is 5.47 Å². The van der Waals surface area contributed by atoms with E-state index in [2.05, 4.69) is 0 Å². The molecule has 0 saturated carbocycles. The average molecular weight is 162 g/mol. The number of hydrogen-bond acceptors (Lipinski definition) is 2. The van der Waals surface area contributed by atoms with Crippen molar-refractivity contribution in [2.45, 2.75) is 31.8 Å². The number of ether oxygens (including phenoxy) is 2. The van der Waals surface area contributed by atoms with Crippen LogP contribution in [0.15, 0.2) is 23.7 Å². The summed E-state index contributed by atoms with van der Waals surface area (Å²) in [7, 11) is 5.75. The lowest BCUT2D eigenvalue weighted by atomic mass is 9.84. The molecule has 2 nitrogen and oxygen atoms in total. The molecule has 1 heterocycles. The monoisotopic (exact) mass is 162 g/mol. The second kappa shape index (κ2) is 2.47. The molecule has 2 rings (SSSR count). The molecular formula is C9H11BO2. The third-order valence-electron chi connectivity index (χ3n) is 2.05. The van der Waals surface area contributed by atoms with Gasteiger partial charge in [-0.25, -0.2) is 0 Å². The van der Waals surface area contributed by atoms with Crippen molar-refractivity contribution >= 4 is 7.85 Å². The molecule has 1 aliphatic heterocycles. The van der Waals surface area contributed by atoms with Gasteiger partial charge in [-0.05, 0) is 13.8 Å². The Morgan fingerprint density at radius 1 is 1.42 bits per heavy atom. The van der Waals surface area contributed by atoms with Crippen LogP contribution in [-0.4, -0.2) is 25.8 Å². The first-order valence-electron chi connectivity index (χ1n) is 4.08. The quantitative estimate of drug-likeness (QED) is 0.497. The van der Waals surface area contributed by atoms with Crippen LogP contribution in [0.1, 0.15) is 13.8 Å². The first kappa shape index (κ1) is 8.08. The zero-order chi connectivity index (χ0) is 8.77. The zero-order valence-electron chi connectivity index (χ0n) is 7.28. The van der Waals surface area contributed by atoms with Crippen LogP contribution >= 0.6 is 0 Å². The maximum atomic E-state index is 5.75. The van der Waals surface area contributed by atoms with E-state index in [1.54, 1.807) is 0 Å². The van der Waals surface area contributed by atoms with Gasteiger partial charge in [0.2, 0.25) is 0 Å². The van der Waals surface area contributed by atoms with Gasteiger partial charge >= 0.3 is 0 Å². The average Bonchev–Trinajstić information content (AvgIpc) is 2.25. The lowest BCUT2D eigenvalue weighted by Gasteiger charge is -2.18. The summed E-state index contributed by atoms with van der Waals surface area (Å²) in [6.45, 7) is 3.79. The maximum Gasteiger partial charge on any atom is 0.164 e. The van der Waals surface area contributed by atoms with Crippen molar-refractivity contribution in [1.29, 1.82) is 0 Å². The van der Waals surface area contributed by atoms with E-state index in [4.69, 9.17) is 17.3 Å². The molecule has 0 spiro atoms. The van der Waals surface area contributed by atoms with Crippen LogP contribution in [0.3, 0.4) is 0 Å². The molecule has 1 saturated heterocycles. The molecule has 2 aliphatic rings. The Morgan fingerprint density at radius 3 is 2.83 bits per heavy atom. The van der Waals surface area contributed by atoms with Crippen molar-refractivity contribution < 1.29 is 9.47 Å². The van der Waals surface area contributed by atoms with E-state index in [0.29, 0.717) is 0 Å². The molecule has 2 unspecified atom stereocenters. The minimum atomic E-state index is -0.511. The van der Waals surface area contributed by atoms with E-state index in [1.807, 2.05) is 32.1 Å². The van der Waals surface area contributed by atoms with E-state index in [-0.39, 0.29) is 12.2 Å². The van der Waals surface area contributed by atoms with Gasteiger partial charge in [-0.2, -0.15) is 0 Å². The Hall–Kier alpha value is -0.535. The standard InChI is InChI=1S/C9H11BO2/c1-9(2)11-7-5-3-4-6(10)8(7)12-9/h3-5,7-8H,1-2H3. The molecule has 2 radical (unpaired) electrons. The third kappa shape index (κ3) is 1.23. The molecule has 0 aromatic heterocycles. The number of hydrogen-bond donors (Lipinski definition) is 0. The van der Waals surface area contributed by atoms with Crippen LogP contribution in [0.4, 0.5) is 0 Å². The van der Waals surface area contributed by atoms with Gasteiger partial charge in [-0.3, -0.25) is 0 Å². The molecule has 0 bridgehead atoms. The van der Waals surface area contributed by atoms with Crippen LogP contribution in [0, 0.1) is 0 Å². The highest BCUT2D eigenvalue weighted by Gasteiger charge is 2.40. The predicted molar refractivity (Wildman–Crippen MR) is 46.8 cm³/mol. The maximum absolute atomic E-state index is 5.75. The van der Waals surface area contributed by atoms with Gasteiger partial charge < -0.3 is 9.47 Å². The minimum absolute atomic E-state index is 0.00926. The zero-order valence-corrected chi connectivity index (χ0v) is 7.28. The lowest BCUT2D eigenvalue weighted by Crippen LogP contribution is -2.25. The van der Waals surface area contributed by atoms with Gasteiger partial charge in [0.1, 0.15) is 20.1 Å². The van der Waals surface area contributed by atoms with Gasteiger partial charge in [0, 0.05) is 0 Å². The molecule has 0 aromatic carbocycles. The summed E-state index contributed by atoms with van der Waals surface area (Å²) in [4.78, 5) is 0. The second-order valence-corrected chi connectivity index (χ2v) is 3.57. The fourth-order valence-electron chi connectivity index (χ4n) is 1.56. The molecule has 2 atom stereocenters. The van der Waals surface area contributed by atoms with Crippen LogP contribution in [0.5, 0.6) is 0 Å². The highest BCUT2D eigenvalue weighted by atomic mass is 16.7. The number of rotatable bonds is 0. The van der Waals surface area contributed by atoms with Crippen molar-refractivity contribution in [2.75, 3.05) is 0 Å². The largest absolute Gasteiger partial charge is 0.341 e. The number of allylic oxidation sites excluding steroid dienone is 2. The van der Waals surface area contributed by atoms with Crippen LogP contribution < -0.4 is 0 Å². The summed E-state index contributed by atoms with van der Waals surface area (Å²) in [5.74, 6) is -0.511. The Labute approximate surface area is 73.6 Å². The summed E-state index contributed by atoms with van der Waals surface area (Å²) >= 11 is 0. The molecule has 62 valence electrons. The highest BCUT2D eigenvalue weighted by molar-refractivity contribution is 6.22. The first-order valence-corrected chi connectivity index (χ1v) is 4.08. The molecule has 1 fully saturated rings. The Bertz CT molecular complexity index is 255. The third-order valence-corrected chi connectivity index (χ3v) is 2.05. The topological polar surface area (TPSA) is 18.5 Å². The molecule has 12 heavy (non-hydrogen) atoms. The predicted octanol–water partition coefficient (Wildman–Crippen LogP) is 1.13. The fraction of sp³-hybridized carbons (Fsp3) is 0.556. The fourth-order valence-corrected chi connectivity index (χ4v) is 1.56. The molecule has 3 heteroatoms. The van der Waals surface area contributed by atoms with Gasteiger partial charge in [0.25, 0.3) is 0 Å². The molecule has 0 N–H and O–H groups in total. The summed E-state index contributed by atoms with van der Waals surface area (Å²) in [6, 6.07) is 0. The van der Waals surface area contributed by atoms with Crippen LogP contribution in [0.25, 0.3) is 0 Å². The Balaban J connectivity index is 2.24. The van der Waals surface area contributed by atoms with Gasteiger partial charge in [0.05, 0.1) is 0 Å². The second-order valence-electron chi connectivity index (χ2n) is 3.57. The van der Waals surface area contributed by atoms with E-state index in [1.165, 1.54) is 0 Å². The summed E-state index contributed by atoms with van der Waals surface area (Å²) < 4.78 is 11.2. The first-order chi connectivity index (χ1) is 5.58. The normalized spacial score (nSPS) is 37.7. The van der Waals surface area contributed by atoms with E-state index < -0.39 is 5.79 Å². The van der Waals surface area contributed by atoms with Crippen molar-refractivity contribution in [2.24, 2.45) is 0 Å². The van der Waals surface area contributed by atoms with Crippen LogP contribution in [0.2, 0.25) is 0 Å². The summed E-state index contributed by atoms with van der Waals surface area (Å²) in [5.41, 5.74) is 0.744. The van der Waals surface area contributed by atoms with Gasteiger partial charge in [-0.15, -0.1) is 0 Å². The Kier molecular flexibility index (Phi) is 1.67. The van der Waals surface area contributed by atoms with Gasteiger partial charge in [-0.1, -0.05) is 23.7 Å². The highest BCUT2D eigenvalue weighted by Crippen LogP contribution is 2.33. The van der Waals surface area contributed by atoms with Crippen molar-refractivity contribution in [1.82, 2.24) is 0 Å². The van der Waals surface area contributed by atoms with Crippen molar-refractivity contribution in [3.63, 3.8) is 0 Å². The SMILES string of the molecule is [B]C1=CC=CC2OC(C)(C)OC12. The van der Waals surface area contributed by atoms with Crippen molar-refractivity contribution in [3.05, 3.63) is 23.7 Å². The minimum Gasteiger partial charge on any atom is -0.341 e. The molecule has 1 aliphatic carbocycles. The molecular weight excluding hydrogens is 151 g/mol.